The van der Waals surface area contributed by atoms with Crippen molar-refractivity contribution < 1.29 is 0 Å². The molecule has 2 rings (SSSR count). The zero-order chi connectivity index (χ0) is 14.0. The number of benzene rings is 2. The van der Waals surface area contributed by atoms with E-state index in [-0.39, 0.29) is 0 Å². The Labute approximate surface area is 126 Å². The minimum atomic E-state index is 0.994. The molecule has 0 aromatic heterocycles. The molecule has 1 nitrogen and oxygen atoms in total. The van der Waals surface area contributed by atoms with Crippen LogP contribution in [0.1, 0.15) is 24.5 Å². The van der Waals surface area contributed by atoms with Crippen molar-refractivity contribution in [2.45, 2.75) is 19.8 Å². The third kappa shape index (κ3) is 4.93. The Balaban J connectivity index is 1.92. The molecule has 0 aliphatic carbocycles. The highest BCUT2D eigenvalue weighted by Crippen LogP contribution is 2.19. The van der Waals surface area contributed by atoms with Crippen molar-refractivity contribution in [2.75, 3.05) is 23.4 Å². The number of para-hydroxylation sites is 1. The fraction of sp³-hybridized carbons (Fsp3) is 0.333. The smallest absolute Gasteiger partial charge is 0.0376 e. The van der Waals surface area contributed by atoms with Gasteiger partial charge in [-0.15, -0.1) is 0 Å². The van der Waals surface area contributed by atoms with Crippen molar-refractivity contribution in [3.8, 4) is 0 Å². The Kier molecular flexibility index (Phi) is 6.52. The molecule has 0 fully saturated rings. The molecule has 0 spiro atoms. The zero-order valence-corrected chi connectivity index (χ0v) is 13.0. The van der Waals surface area contributed by atoms with E-state index < -0.39 is 0 Å². The van der Waals surface area contributed by atoms with Crippen LogP contribution in [0.25, 0.3) is 0 Å². The number of anilines is 1. The molecule has 1 N–H and O–H groups in total. The monoisotopic (exact) mass is 285 g/mol. The van der Waals surface area contributed by atoms with Gasteiger partial charge in [0.15, 0.2) is 0 Å². The second kappa shape index (κ2) is 8.70. The molecule has 20 heavy (non-hydrogen) atoms. The molecule has 0 saturated heterocycles. The maximum atomic E-state index is 3.58. The highest BCUT2D eigenvalue weighted by Gasteiger charge is 2.02. The van der Waals surface area contributed by atoms with Crippen LogP contribution in [0.5, 0.6) is 0 Å². The van der Waals surface area contributed by atoms with Crippen molar-refractivity contribution in [1.29, 1.82) is 0 Å². The first-order valence-electron chi connectivity index (χ1n) is 7.33. The van der Waals surface area contributed by atoms with Gasteiger partial charge in [-0.1, -0.05) is 55.5 Å². The summed E-state index contributed by atoms with van der Waals surface area (Å²) in [7, 11) is 0. The lowest BCUT2D eigenvalue weighted by Crippen LogP contribution is -2.05. The summed E-state index contributed by atoms with van der Waals surface area (Å²) < 4.78 is 0. The van der Waals surface area contributed by atoms with Gasteiger partial charge in [0.1, 0.15) is 0 Å². The molecule has 2 aromatic carbocycles. The molecule has 0 aliphatic rings. The Hall–Kier alpha value is -1.41. The second-order valence-electron chi connectivity index (χ2n) is 4.80. The highest BCUT2D eigenvalue weighted by molar-refractivity contribution is 7.99. The molecule has 2 heteroatoms. The third-order valence-corrected chi connectivity index (χ3v) is 4.23. The van der Waals surface area contributed by atoms with E-state index in [1.807, 2.05) is 11.8 Å². The van der Waals surface area contributed by atoms with Crippen molar-refractivity contribution in [3.63, 3.8) is 0 Å². The molecular formula is C18H23NS. The van der Waals surface area contributed by atoms with Gasteiger partial charge in [-0.2, -0.15) is 11.8 Å². The van der Waals surface area contributed by atoms with E-state index in [9.17, 15) is 0 Å². The van der Waals surface area contributed by atoms with Crippen LogP contribution < -0.4 is 5.32 Å². The van der Waals surface area contributed by atoms with Crippen LogP contribution in [0.4, 0.5) is 5.69 Å². The van der Waals surface area contributed by atoms with Gasteiger partial charge in [0.05, 0.1) is 0 Å². The van der Waals surface area contributed by atoms with Crippen LogP contribution in [-0.2, 0) is 6.42 Å². The first-order chi connectivity index (χ1) is 9.90. The van der Waals surface area contributed by atoms with E-state index in [0.717, 1.165) is 13.0 Å². The summed E-state index contributed by atoms with van der Waals surface area (Å²) in [6, 6.07) is 19.3. The van der Waals surface area contributed by atoms with Crippen molar-refractivity contribution >= 4 is 17.4 Å². The van der Waals surface area contributed by atoms with Crippen LogP contribution in [0.2, 0.25) is 0 Å². The Morgan fingerprint density at radius 1 is 0.950 bits per heavy atom. The van der Waals surface area contributed by atoms with Gasteiger partial charge in [-0.25, -0.2) is 0 Å². The number of hydrogen-bond acceptors (Lipinski definition) is 2. The Morgan fingerprint density at radius 3 is 2.50 bits per heavy atom. The third-order valence-electron chi connectivity index (χ3n) is 3.24. The summed E-state index contributed by atoms with van der Waals surface area (Å²) in [6.45, 7) is 3.27. The maximum absolute atomic E-state index is 3.58. The topological polar surface area (TPSA) is 12.0 Å². The molecule has 0 heterocycles. The summed E-state index contributed by atoms with van der Waals surface area (Å²) in [5.74, 6) is 2.45. The Bertz CT molecular complexity index is 496. The lowest BCUT2D eigenvalue weighted by molar-refractivity contribution is 0.986. The average Bonchev–Trinajstić information content (AvgIpc) is 2.50. The first kappa shape index (κ1) is 15.0. The van der Waals surface area contributed by atoms with Crippen LogP contribution in [-0.4, -0.2) is 18.1 Å². The summed E-state index contributed by atoms with van der Waals surface area (Å²) in [5.41, 5.74) is 4.02. The SMILES string of the molecule is CCSCCCNc1ccccc1Cc1ccccc1. The van der Waals surface area contributed by atoms with E-state index in [0.29, 0.717) is 0 Å². The largest absolute Gasteiger partial charge is 0.385 e. The summed E-state index contributed by atoms with van der Waals surface area (Å²) >= 11 is 2.01. The minimum absolute atomic E-state index is 0.994. The zero-order valence-electron chi connectivity index (χ0n) is 12.1. The quantitative estimate of drug-likeness (QED) is 0.697. The lowest BCUT2D eigenvalue weighted by Gasteiger charge is -2.12. The molecule has 106 valence electrons. The average molecular weight is 285 g/mol. The fourth-order valence-electron chi connectivity index (χ4n) is 2.20. The van der Waals surface area contributed by atoms with Gasteiger partial charge >= 0.3 is 0 Å². The van der Waals surface area contributed by atoms with Gasteiger partial charge in [0.2, 0.25) is 0 Å². The van der Waals surface area contributed by atoms with Crippen molar-refractivity contribution in [3.05, 3.63) is 65.7 Å². The number of thioether (sulfide) groups is 1. The maximum Gasteiger partial charge on any atom is 0.0376 e. The number of nitrogens with one attached hydrogen (secondary N) is 1. The van der Waals surface area contributed by atoms with Gasteiger partial charge in [-0.05, 0) is 41.5 Å². The van der Waals surface area contributed by atoms with Crippen LogP contribution in [0.15, 0.2) is 54.6 Å². The van der Waals surface area contributed by atoms with Crippen LogP contribution in [0, 0.1) is 0 Å². The predicted octanol–water partition coefficient (Wildman–Crippen LogP) is 4.83. The first-order valence-corrected chi connectivity index (χ1v) is 8.49. The Morgan fingerprint density at radius 2 is 1.70 bits per heavy atom. The van der Waals surface area contributed by atoms with E-state index in [1.165, 1.54) is 34.7 Å². The fourth-order valence-corrected chi connectivity index (χ4v) is 2.84. The van der Waals surface area contributed by atoms with Gasteiger partial charge in [-0.3, -0.25) is 0 Å². The molecular weight excluding hydrogens is 262 g/mol. The number of hydrogen-bond donors (Lipinski definition) is 1. The highest BCUT2D eigenvalue weighted by atomic mass is 32.2. The molecule has 0 unspecified atom stereocenters. The lowest BCUT2D eigenvalue weighted by atomic mass is 10.0. The summed E-state index contributed by atoms with van der Waals surface area (Å²) in [6.07, 6.45) is 2.21. The standard InChI is InChI=1S/C18H23NS/c1-2-20-14-8-13-19-18-12-7-6-11-17(18)15-16-9-4-3-5-10-16/h3-7,9-12,19H,2,8,13-15H2,1H3. The van der Waals surface area contributed by atoms with Gasteiger partial charge in [0.25, 0.3) is 0 Å². The van der Waals surface area contributed by atoms with Crippen molar-refractivity contribution in [2.24, 2.45) is 0 Å². The summed E-state index contributed by atoms with van der Waals surface area (Å²) in [4.78, 5) is 0. The van der Waals surface area contributed by atoms with Crippen LogP contribution in [0.3, 0.4) is 0 Å². The molecule has 0 amide bonds. The van der Waals surface area contributed by atoms with E-state index in [1.54, 1.807) is 0 Å². The molecule has 0 saturated carbocycles. The molecule has 0 aliphatic heterocycles. The molecule has 0 radical (unpaired) electrons. The number of rotatable bonds is 8. The normalized spacial score (nSPS) is 10.4. The van der Waals surface area contributed by atoms with E-state index in [2.05, 4.69) is 66.8 Å². The molecule has 0 atom stereocenters. The predicted molar refractivity (Wildman–Crippen MR) is 91.8 cm³/mol. The van der Waals surface area contributed by atoms with Gasteiger partial charge in [0, 0.05) is 12.2 Å². The van der Waals surface area contributed by atoms with Crippen molar-refractivity contribution in [1.82, 2.24) is 0 Å². The minimum Gasteiger partial charge on any atom is -0.385 e. The second-order valence-corrected chi connectivity index (χ2v) is 6.19. The van der Waals surface area contributed by atoms with Crippen LogP contribution >= 0.6 is 11.8 Å². The van der Waals surface area contributed by atoms with Gasteiger partial charge < -0.3 is 5.32 Å². The molecule has 0 bridgehead atoms. The van der Waals surface area contributed by atoms with E-state index in [4.69, 9.17) is 0 Å². The molecule has 2 aromatic rings. The van der Waals surface area contributed by atoms with E-state index >= 15 is 0 Å². The summed E-state index contributed by atoms with van der Waals surface area (Å²) in [5, 5.41) is 3.58.